The van der Waals surface area contributed by atoms with E-state index in [2.05, 4.69) is 146 Å². The number of hydrogen-bond acceptors (Lipinski definition) is 0. The van der Waals surface area contributed by atoms with Gasteiger partial charge in [0.05, 0.1) is 16.7 Å². The molecule has 0 atom stereocenters. The van der Waals surface area contributed by atoms with Crippen molar-refractivity contribution in [2.45, 2.75) is 32.1 Å². The van der Waals surface area contributed by atoms with Crippen LogP contribution < -0.4 is 0 Å². The Morgan fingerprint density at radius 3 is 2.08 bits per heavy atom. The summed E-state index contributed by atoms with van der Waals surface area (Å²) in [6.07, 6.45) is 6.77. The Morgan fingerprint density at radius 1 is 0.550 bits per heavy atom. The maximum Gasteiger partial charge on any atom is 0.0582 e. The van der Waals surface area contributed by atoms with Crippen LogP contribution in [0.25, 0.3) is 49.8 Å². The molecule has 1 nitrogen and oxygen atoms in total. The molecule has 192 valence electrons. The summed E-state index contributed by atoms with van der Waals surface area (Å²) < 4.78 is 2.50. The number of para-hydroxylation sites is 2. The molecule has 1 aliphatic carbocycles. The Balaban J connectivity index is 1.30. The fourth-order valence-electron chi connectivity index (χ4n) is 7.10. The van der Waals surface area contributed by atoms with Gasteiger partial charge >= 0.3 is 0 Å². The van der Waals surface area contributed by atoms with Crippen LogP contribution in [0.4, 0.5) is 0 Å². The topological polar surface area (TPSA) is 4.93 Å². The van der Waals surface area contributed by atoms with Crippen molar-refractivity contribution in [3.05, 3.63) is 150 Å². The number of nitrogens with zero attached hydrogens (tertiary/aromatic N) is 1. The summed E-state index contributed by atoms with van der Waals surface area (Å²) in [7, 11) is 0. The van der Waals surface area contributed by atoms with Crippen LogP contribution >= 0.6 is 0 Å². The zero-order chi connectivity index (χ0) is 26.8. The van der Waals surface area contributed by atoms with Crippen molar-refractivity contribution in [3.63, 3.8) is 0 Å². The number of allylic oxidation sites excluding steroid dienone is 4. The number of benzene rings is 5. The predicted molar refractivity (Wildman–Crippen MR) is 170 cm³/mol. The molecule has 1 aliphatic heterocycles. The van der Waals surface area contributed by atoms with E-state index in [0.717, 1.165) is 12.8 Å². The largest absolute Gasteiger partial charge is 0.309 e. The molecule has 0 fully saturated rings. The molecule has 0 radical (unpaired) electrons. The standard InChI is InChI=1S/C39H31N/c1-39(2)34-16-8-9-18-37(34)40-36-24-23-29(25-33(36)32-15-10-17-35(39)38(32)40)31-14-7-6-13-30(31)28-21-19-27(20-22-28)26-11-4-3-5-12-26/h3-19,21,23-25H,20,22H2,1-2H3. The van der Waals surface area contributed by atoms with E-state index >= 15 is 0 Å². The number of hydrogen-bond donors (Lipinski definition) is 0. The monoisotopic (exact) mass is 513 g/mol. The molecule has 0 amide bonds. The first-order valence-electron chi connectivity index (χ1n) is 14.3. The Morgan fingerprint density at radius 2 is 1.25 bits per heavy atom. The Bertz CT molecular complexity index is 2010. The second-order valence-electron chi connectivity index (χ2n) is 11.7. The van der Waals surface area contributed by atoms with Gasteiger partial charge in [-0.3, -0.25) is 0 Å². The summed E-state index contributed by atoms with van der Waals surface area (Å²) in [5.74, 6) is 0. The van der Waals surface area contributed by atoms with Gasteiger partial charge in [0.15, 0.2) is 0 Å². The highest BCUT2D eigenvalue weighted by Gasteiger charge is 2.34. The average molecular weight is 514 g/mol. The highest BCUT2D eigenvalue weighted by molar-refractivity contribution is 6.12. The smallest absolute Gasteiger partial charge is 0.0582 e. The van der Waals surface area contributed by atoms with Crippen LogP contribution in [0.2, 0.25) is 0 Å². The van der Waals surface area contributed by atoms with Gasteiger partial charge in [0.25, 0.3) is 0 Å². The molecule has 2 heterocycles. The quantitative estimate of drug-likeness (QED) is 0.222. The van der Waals surface area contributed by atoms with Crippen LogP contribution in [0.15, 0.2) is 127 Å². The molecule has 5 aromatic carbocycles. The molecule has 0 bridgehead atoms. The van der Waals surface area contributed by atoms with Gasteiger partial charge in [-0.1, -0.05) is 123 Å². The van der Waals surface area contributed by atoms with Crippen molar-refractivity contribution < 1.29 is 0 Å². The lowest BCUT2D eigenvalue weighted by Crippen LogP contribution is -2.26. The minimum Gasteiger partial charge on any atom is -0.309 e. The third kappa shape index (κ3) is 3.34. The van der Waals surface area contributed by atoms with Crippen LogP contribution in [0.1, 0.15) is 48.9 Å². The number of fused-ring (bicyclic) bond motifs is 5. The molecule has 0 unspecified atom stereocenters. The van der Waals surface area contributed by atoms with Gasteiger partial charge < -0.3 is 4.57 Å². The minimum absolute atomic E-state index is 0.0461. The van der Waals surface area contributed by atoms with E-state index in [9.17, 15) is 0 Å². The maximum atomic E-state index is 2.50. The van der Waals surface area contributed by atoms with Gasteiger partial charge in [0.2, 0.25) is 0 Å². The first-order valence-corrected chi connectivity index (χ1v) is 14.3. The van der Waals surface area contributed by atoms with Crippen molar-refractivity contribution in [1.82, 2.24) is 4.57 Å². The van der Waals surface area contributed by atoms with Crippen molar-refractivity contribution in [1.29, 1.82) is 0 Å². The van der Waals surface area contributed by atoms with E-state index in [4.69, 9.17) is 0 Å². The highest BCUT2D eigenvalue weighted by Crippen LogP contribution is 2.48. The van der Waals surface area contributed by atoms with E-state index in [0.29, 0.717) is 0 Å². The molecule has 40 heavy (non-hydrogen) atoms. The van der Waals surface area contributed by atoms with Crippen molar-refractivity contribution in [2.24, 2.45) is 0 Å². The molecule has 0 saturated carbocycles. The maximum absolute atomic E-state index is 2.50. The third-order valence-electron chi connectivity index (χ3n) is 9.16. The van der Waals surface area contributed by atoms with Gasteiger partial charge in [-0.05, 0) is 75.6 Å². The second kappa shape index (κ2) is 8.69. The lowest BCUT2D eigenvalue weighted by atomic mass is 9.75. The lowest BCUT2D eigenvalue weighted by molar-refractivity contribution is 0.630. The summed E-state index contributed by atoms with van der Waals surface area (Å²) in [6, 6.07) is 42.5. The van der Waals surface area contributed by atoms with E-state index in [1.165, 1.54) is 72.0 Å². The SMILES string of the molecule is CC1(C)c2ccccc2-n2c3ccc(-c4ccccc4C4=CC=C(c5ccccc5)CC4)cc3c3cccc1c32. The fourth-order valence-corrected chi connectivity index (χ4v) is 7.10. The predicted octanol–water partition coefficient (Wildman–Crippen LogP) is 10.4. The minimum atomic E-state index is -0.0461. The Labute approximate surface area is 235 Å². The zero-order valence-corrected chi connectivity index (χ0v) is 23.0. The molecule has 6 aromatic rings. The molecular formula is C39H31N. The highest BCUT2D eigenvalue weighted by atomic mass is 15.0. The molecule has 0 saturated heterocycles. The fraction of sp³-hybridized carbons (Fsp3) is 0.128. The number of aromatic nitrogens is 1. The molecule has 8 rings (SSSR count). The normalized spacial score (nSPS) is 15.6. The summed E-state index contributed by atoms with van der Waals surface area (Å²) in [6.45, 7) is 4.72. The second-order valence-corrected chi connectivity index (χ2v) is 11.7. The van der Waals surface area contributed by atoms with E-state index in [1.54, 1.807) is 0 Å². The first kappa shape index (κ1) is 23.3. The molecule has 0 spiro atoms. The van der Waals surface area contributed by atoms with E-state index < -0.39 is 0 Å². The molecular weight excluding hydrogens is 482 g/mol. The van der Waals surface area contributed by atoms with Crippen LogP contribution in [-0.2, 0) is 5.41 Å². The zero-order valence-electron chi connectivity index (χ0n) is 23.0. The van der Waals surface area contributed by atoms with Crippen LogP contribution in [0, 0.1) is 0 Å². The molecule has 1 heteroatoms. The molecule has 1 aromatic heterocycles. The Hall–Kier alpha value is -4.62. The number of rotatable bonds is 3. The van der Waals surface area contributed by atoms with Gasteiger partial charge in [0.1, 0.15) is 0 Å². The summed E-state index contributed by atoms with van der Waals surface area (Å²) in [5, 5.41) is 2.65. The van der Waals surface area contributed by atoms with Crippen molar-refractivity contribution in [2.75, 3.05) is 0 Å². The van der Waals surface area contributed by atoms with E-state index in [-0.39, 0.29) is 5.41 Å². The van der Waals surface area contributed by atoms with Gasteiger partial charge in [0, 0.05) is 16.2 Å². The average Bonchev–Trinajstić information content (AvgIpc) is 3.35. The van der Waals surface area contributed by atoms with Gasteiger partial charge in [-0.25, -0.2) is 0 Å². The van der Waals surface area contributed by atoms with Gasteiger partial charge in [-0.15, -0.1) is 0 Å². The first-order chi connectivity index (χ1) is 19.6. The summed E-state index contributed by atoms with van der Waals surface area (Å²) in [5.41, 5.74) is 14.7. The van der Waals surface area contributed by atoms with Crippen molar-refractivity contribution in [3.8, 4) is 16.8 Å². The van der Waals surface area contributed by atoms with Gasteiger partial charge in [-0.2, -0.15) is 0 Å². The van der Waals surface area contributed by atoms with Crippen LogP contribution in [0.3, 0.4) is 0 Å². The lowest BCUT2D eigenvalue weighted by Gasteiger charge is -2.34. The van der Waals surface area contributed by atoms with E-state index in [1.807, 2.05) is 0 Å². The summed E-state index contributed by atoms with van der Waals surface area (Å²) in [4.78, 5) is 0. The third-order valence-corrected chi connectivity index (χ3v) is 9.16. The van der Waals surface area contributed by atoms with Crippen LogP contribution in [-0.4, -0.2) is 4.57 Å². The molecule has 0 N–H and O–H groups in total. The van der Waals surface area contributed by atoms with Crippen molar-refractivity contribution >= 4 is 33.0 Å². The molecule has 2 aliphatic rings. The Kier molecular flexibility index (Phi) is 5.06. The van der Waals surface area contributed by atoms with Crippen LogP contribution in [0.5, 0.6) is 0 Å². The summed E-state index contributed by atoms with van der Waals surface area (Å²) >= 11 is 0.